The van der Waals surface area contributed by atoms with E-state index >= 15 is 0 Å². The molecular formula is C21H16F2N4S. The average molecular weight is 394 g/mol. The molecule has 4 nitrogen and oxygen atoms in total. The lowest BCUT2D eigenvalue weighted by atomic mass is 10.1. The van der Waals surface area contributed by atoms with Gasteiger partial charge in [-0.25, -0.2) is 13.8 Å². The molecule has 3 aromatic rings. The molecule has 2 aromatic heterocycles. The van der Waals surface area contributed by atoms with Crippen molar-refractivity contribution in [2.24, 2.45) is 4.99 Å². The second-order valence-corrected chi connectivity index (χ2v) is 7.49. The van der Waals surface area contributed by atoms with E-state index in [1.165, 1.54) is 24.4 Å². The number of anilines is 1. The number of nitrogens with zero attached hydrogens (tertiary/aromatic N) is 3. The van der Waals surface area contributed by atoms with E-state index in [0.29, 0.717) is 5.82 Å². The van der Waals surface area contributed by atoms with Crippen LogP contribution in [-0.2, 0) is 0 Å². The molecule has 1 aliphatic rings. The third-order valence-electron chi connectivity index (χ3n) is 4.32. The van der Waals surface area contributed by atoms with Crippen molar-refractivity contribution in [3.05, 3.63) is 82.5 Å². The summed E-state index contributed by atoms with van der Waals surface area (Å²) in [6.45, 7) is 5.74. The quantitative estimate of drug-likeness (QED) is 0.614. The molecule has 0 saturated carbocycles. The fourth-order valence-corrected chi connectivity index (χ4v) is 3.97. The summed E-state index contributed by atoms with van der Waals surface area (Å²) in [7, 11) is 0. The van der Waals surface area contributed by atoms with E-state index in [0.717, 1.165) is 33.1 Å². The van der Waals surface area contributed by atoms with E-state index in [-0.39, 0.29) is 11.3 Å². The SMILES string of the molecule is C=C(Nc1cnc(-c2cc(C3=NC=CC3)sc2C)cn1)c1c(F)cccc1F. The predicted molar refractivity (Wildman–Crippen MR) is 109 cm³/mol. The molecule has 140 valence electrons. The summed E-state index contributed by atoms with van der Waals surface area (Å²) >= 11 is 1.67. The maximum absolute atomic E-state index is 13.9. The number of thiophene rings is 1. The van der Waals surface area contributed by atoms with Crippen LogP contribution in [0.15, 0.2) is 60.5 Å². The monoisotopic (exact) mass is 394 g/mol. The van der Waals surface area contributed by atoms with Gasteiger partial charge in [0.1, 0.15) is 17.5 Å². The first kappa shape index (κ1) is 18.2. The fraction of sp³-hybridized carbons (Fsp3) is 0.0952. The molecule has 1 aliphatic heterocycles. The summed E-state index contributed by atoms with van der Waals surface area (Å²) in [4.78, 5) is 15.4. The summed E-state index contributed by atoms with van der Waals surface area (Å²) in [6.07, 6.45) is 7.82. The molecule has 0 saturated heterocycles. The van der Waals surface area contributed by atoms with E-state index < -0.39 is 11.6 Å². The standard InChI is InChI=1S/C21H16F2N4S/c1-12(21-15(22)5-3-6-16(21)23)27-20-11-25-18(10-26-20)14-9-19(28-13(14)2)17-7-4-8-24-17/h3-6,8-11H,1,7H2,2H3,(H,26,27). The molecule has 1 aromatic carbocycles. The van der Waals surface area contributed by atoms with Gasteiger partial charge in [-0.05, 0) is 25.1 Å². The van der Waals surface area contributed by atoms with Gasteiger partial charge in [0.25, 0.3) is 0 Å². The van der Waals surface area contributed by atoms with Crippen LogP contribution in [-0.4, -0.2) is 15.7 Å². The minimum absolute atomic E-state index is 0.0818. The molecule has 0 bridgehead atoms. The lowest BCUT2D eigenvalue weighted by molar-refractivity contribution is 0.577. The number of hydrogen-bond acceptors (Lipinski definition) is 5. The molecule has 0 aliphatic carbocycles. The molecule has 0 atom stereocenters. The third kappa shape index (κ3) is 3.48. The Morgan fingerprint density at radius 2 is 1.96 bits per heavy atom. The first-order chi connectivity index (χ1) is 13.5. The zero-order chi connectivity index (χ0) is 19.7. The van der Waals surface area contributed by atoms with Crippen molar-refractivity contribution in [2.45, 2.75) is 13.3 Å². The smallest absolute Gasteiger partial charge is 0.148 e. The van der Waals surface area contributed by atoms with E-state index in [4.69, 9.17) is 0 Å². The van der Waals surface area contributed by atoms with E-state index in [1.807, 2.05) is 19.2 Å². The Hall–Kier alpha value is -3.19. The number of aliphatic imine (C=N–C) groups is 1. The van der Waals surface area contributed by atoms with Gasteiger partial charge in [0.05, 0.1) is 29.4 Å². The van der Waals surface area contributed by atoms with Gasteiger partial charge in [-0.2, -0.15) is 0 Å². The van der Waals surface area contributed by atoms with Gasteiger partial charge in [0.15, 0.2) is 0 Å². The minimum Gasteiger partial charge on any atom is -0.339 e. The van der Waals surface area contributed by atoms with Gasteiger partial charge in [-0.1, -0.05) is 18.7 Å². The Labute approximate surface area is 165 Å². The first-order valence-corrected chi connectivity index (χ1v) is 9.40. The molecule has 0 amide bonds. The summed E-state index contributed by atoms with van der Waals surface area (Å²) in [6, 6.07) is 5.74. The van der Waals surface area contributed by atoms with Crippen LogP contribution >= 0.6 is 11.3 Å². The summed E-state index contributed by atoms with van der Waals surface area (Å²) in [5.74, 6) is -1.02. The molecule has 0 fully saturated rings. The van der Waals surface area contributed by atoms with Crippen molar-refractivity contribution in [3.63, 3.8) is 0 Å². The number of nitrogens with one attached hydrogen (secondary N) is 1. The summed E-state index contributed by atoms with van der Waals surface area (Å²) < 4.78 is 27.7. The van der Waals surface area contributed by atoms with Crippen LogP contribution < -0.4 is 5.32 Å². The molecule has 0 radical (unpaired) electrons. The Balaban J connectivity index is 1.54. The molecule has 7 heteroatoms. The highest BCUT2D eigenvalue weighted by molar-refractivity contribution is 7.14. The lowest BCUT2D eigenvalue weighted by Gasteiger charge is -2.11. The Morgan fingerprint density at radius 1 is 1.18 bits per heavy atom. The molecule has 3 heterocycles. The largest absolute Gasteiger partial charge is 0.339 e. The predicted octanol–water partition coefficient (Wildman–Crippen LogP) is 5.58. The Morgan fingerprint density at radius 3 is 2.61 bits per heavy atom. The first-order valence-electron chi connectivity index (χ1n) is 8.58. The molecule has 28 heavy (non-hydrogen) atoms. The highest BCUT2D eigenvalue weighted by Crippen LogP contribution is 2.31. The topological polar surface area (TPSA) is 50.2 Å². The molecule has 1 N–H and O–H groups in total. The second-order valence-electron chi connectivity index (χ2n) is 6.23. The number of aromatic nitrogens is 2. The van der Waals surface area contributed by atoms with Crippen LogP contribution in [0.3, 0.4) is 0 Å². The van der Waals surface area contributed by atoms with E-state index in [1.54, 1.807) is 17.5 Å². The van der Waals surface area contributed by atoms with Crippen LogP contribution in [0, 0.1) is 18.6 Å². The number of aryl methyl sites for hydroxylation is 1. The number of hydrogen-bond donors (Lipinski definition) is 1. The van der Waals surface area contributed by atoms with Gasteiger partial charge in [0.2, 0.25) is 0 Å². The van der Waals surface area contributed by atoms with Gasteiger partial charge < -0.3 is 5.32 Å². The maximum Gasteiger partial charge on any atom is 0.148 e. The number of benzene rings is 1. The van der Waals surface area contributed by atoms with E-state index in [9.17, 15) is 8.78 Å². The summed E-state index contributed by atoms with van der Waals surface area (Å²) in [5, 5.41) is 2.81. The second kappa shape index (κ2) is 7.44. The Kier molecular flexibility index (Phi) is 4.83. The number of halogens is 2. The van der Waals surface area contributed by atoms with Gasteiger partial charge in [-0.15, -0.1) is 11.3 Å². The zero-order valence-electron chi connectivity index (χ0n) is 15.0. The minimum atomic E-state index is -0.687. The van der Waals surface area contributed by atoms with Crippen LogP contribution in [0.1, 0.15) is 21.7 Å². The third-order valence-corrected chi connectivity index (χ3v) is 5.42. The molecule has 4 rings (SSSR count). The van der Waals surface area contributed by atoms with Gasteiger partial charge >= 0.3 is 0 Å². The van der Waals surface area contributed by atoms with Crippen LogP contribution in [0.4, 0.5) is 14.6 Å². The molecular weight excluding hydrogens is 378 g/mol. The summed E-state index contributed by atoms with van der Waals surface area (Å²) in [5.41, 5.74) is 2.64. The highest BCUT2D eigenvalue weighted by atomic mass is 32.1. The number of allylic oxidation sites excluding steroid dienone is 1. The molecule has 0 spiro atoms. The normalized spacial score (nSPS) is 12.9. The van der Waals surface area contributed by atoms with Crippen molar-refractivity contribution in [1.29, 1.82) is 0 Å². The van der Waals surface area contributed by atoms with Crippen molar-refractivity contribution in [1.82, 2.24) is 9.97 Å². The van der Waals surface area contributed by atoms with Crippen molar-refractivity contribution >= 4 is 28.6 Å². The maximum atomic E-state index is 13.9. The van der Waals surface area contributed by atoms with Crippen LogP contribution in [0.2, 0.25) is 0 Å². The van der Waals surface area contributed by atoms with Crippen molar-refractivity contribution in [3.8, 4) is 11.3 Å². The van der Waals surface area contributed by atoms with Gasteiger partial charge in [0, 0.05) is 33.6 Å². The lowest BCUT2D eigenvalue weighted by Crippen LogP contribution is -2.04. The Bertz CT molecular complexity index is 1090. The van der Waals surface area contributed by atoms with Crippen molar-refractivity contribution in [2.75, 3.05) is 5.32 Å². The average Bonchev–Trinajstić information content (AvgIpc) is 3.32. The van der Waals surface area contributed by atoms with E-state index in [2.05, 4.69) is 32.9 Å². The zero-order valence-corrected chi connectivity index (χ0v) is 15.9. The highest BCUT2D eigenvalue weighted by Gasteiger charge is 2.15. The van der Waals surface area contributed by atoms with Crippen LogP contribution in [0.25, 0.3) is 17.0 Å². The van der Waals surface area contributed by atoms with Crippen molar-refractivity contribution < 1.29 is 8.78 Å². The molecule has 0 unspecified atom stereocenters. The van der Waals surface area contributed by atoms with Crippen LogP contribution in [0.5, 0.6) is 0 Å². The van der Waals surface area contributed by atoms with Gasteiger partial charge in [-0.3, -0.25) is 9.98 Å². The fourth-order valence-electron chi connectivity index (χ4n) is 2.94. The number of rotatable bonds is 5.